The van der Waals surface area contributed by atoms with Crippen LogP contribution in [0.25, 0.3) is 6.08 Å². The van der Waals surface area contributed by atoms with Crippen molar-refractivity contribution >= 4 is 23.1 Å². The Morgan fingerprint density at radius 3 is 2.26 bits per heavy atom. The molecule has 0 radical (unpaired) electrons. The molecule has 2 heterocycles. The normalized spacial score (nSPS) is 16.0. The maximum absolute atomic E-state index is 9.49. The molecule has 53 heavy (non-hydrogen) atoms. The van der Waals surface area contributed by atoms with Gasteiger partial charge in [-0.2, -0.15) is 5.26 Å². The largest absolute Gasteiger partial charge is 0.401 e. The van der Waals surface area contributed by atoms with Crippen LogP contribution in [0.1, 0.15) is 99.5 Å². The molecule has 0 bridgehead atoms. The van der Waals surface area contributed by atoms with Crippen LogP contribution in [0.2, 0.25) is 0 Å². The number of aryl methyl sites for hydroxylation is 1. The zero-order chi connectivity index (χ0) is 37.6. The fourth-order valence-corrected chi connectivity index (χ4v) is 8.26. The average molecular weight is 716 g/mol. The quantitative estimate of drug-likeness (QED) is 0.107. The highest BCUT2D eigenvalue weighted by atomic mass is 15.2. The molecular weight excluding hydrogens is 651 g/mol. The van der Waals surface area contributed by atoms with E-state index < -0.39 is 0 Å². The van der Waals surface area contributed by atoms with Crippen LogP contribution in [0.4, 0.5) is 17.1 Å². The molecule has 284 valence electrons. The van der Waals surface area contributed by atoms with Crippen molar-refractivity contribution < 1.29 is 0 Å². The molecule has 3 aromatic carbocycles. The maximum Gasteiger partial charge on any atom is 0.0994 e. The smallest absolute Gasteiger partial charge is 0.0994 e. The fraction of sp³-hybridized carbons (Fsp3) is 0.500. The summed E-state index contributed by atoms with van der Waals surface area (Å²) in [5, 5.41) is 16.9. The standard InChI is InChI=1S/C46H65N7/c1-6-10-40-30-45(19-15-41(40)32-47)53-27-22-39(23-28-53)38-13-16-43(17-14-38)52-25-20-36(21-26-52)33-49-24-29-51(9-4)44-18-12-37(8-3)42(31-44)34-50-46(11-7-2)35(5)48/h8,12-19,30-31,36,39,46,49-50H,3,5-7,9-11,20-29,33-34,48H2,1-2,4H3. The number of nitrogens with zero attached hydrogens (tertiary/aromatic N) is 4. The molecule has 0 aliphatic carbocycles. The van der Waals surface area contributed by atoms with Crippen LogP contribution in [0.15, 0.2) is 79.5 Å². The highest BCUT2D eigenvalue weighted by molar-refractivity contribution is 5.60. The van der Waals surface area contributed by atoms with Gasteiger partial charge in [-0.1, -0.05) is 64.1 Å². The second kappa shape index (κ2) is 20.3. The van der Waals surface area contributed by atoms with E-state index in [0.29, 0.717) is 11.6 Å². The molecule has 2 fully saturated rings. The van der Waals surface area contributed by atoms with Crippen LogP contribution >= 0.6 is 0 Å². The number of hydrogen-bond acceptors (Lipinski definition) is 7. The molecule has 0 amide bonds. The first-order chi connectivity index (χ1) is 25.9. The Balaban J connectivity index is 1.03. The third kappa shape index (κ3) is 10.9. The number of nitrogens with two attached hydrogens (primary N) is 1. The van der Waals surface area contributed by atoms with Gasteiger partial charge in [0, 0.05) is 81.2 Å². The minimum Gasteiger partial charge on any atom is -0.401 e. The summed E-state index contributed by atoms with van der Waals surface area (Å²) in [6.45, 7) is 23.8. The van der Waals surface area contributed by atoms with Crippen LogP contribution in [-0.2, 0) is 13.0 Å². The Morgan fingerprint density at radius 1 is 0.925 bits per heavy atom. The van der Waals surface area contributed by atoms with Crippen molar-refractivity contribution in [2.24, 2.45) is 11.7 Å². The lowest BCUT2D eigenvalue weighted by atomic mass is 9.88. The number of nitriles is 1. The fourth-order valence-electron chi connectivity index (χ4n) is 8.26. The lowest BCUT2D eigenvalue weighted by Gasteiger charge is -2.35. The molecule has 0 aromatic heterocycles. The van der Waals surface area contributed by atoms with Crippen molar-refractivity contribution in [3.63, 3.8) is 0 Å². The lowest BCUT2D eigenvalue weighted by Crippen LogP contribution is -2.39. The van der Waals surface area contributed by atoms with Crippen LogP contribution in [0, 0.1) is 17.2 Å². The van der Waals surface area contributed by atoms with Gasteiger partial charge < -0.3 is 31.1 Å². The van der Waals surface area contributed by atoms with Crippen molar-refractivity contribution in [1.82, 2.24) is 10.6 Å². The van der Waals surface area contributed by atoms with Gasteiger partial charge in [0.25, 0.3) is 0 Å². The third-order valence-electron chi connectivity index (χ3n) is 11.6. The number of rotatable bonds is 19. The van der Waals surface area contributed by atoms with Crippen LogP contribution in [-0.4, -0.2) is 58.4 Å². The zero-order valence-electron chi connectivity index (χ0n) is 32.9. The molecule has 2 saturated heterocycles. The van der Waals surface area contributed by atoms with Gasteiger partial charge in [0.2, 0.25) is 0 Å². The molecule has 5 rings (SSSR count). The van der Waals surface area contributed by atoms with Crippen LogP contribution in [0.5, 0.6) is 0 Å². The minimum atomic E-state index is 0.126. The first kappa shape index (κ1) is 39.9. The molecule has 1 atom stereocenters. The van der Waals surface area contributed by atoms with Crippen molar-refractivity contribution in [2.45, 2.75) is 90.6 Å². The second-order valence-corrected chi connectivity index (χ2v) is 15.2. The second-order valence-electron chi connectivity index (χ2n) is 15.2. The predicted octanol–water partition coefficient (Wildman–Crippen LogP) is 8.60. The van der Waals surface area contributed by atoms with Crippen molar-refractivity contribution in [3.8, 4) is 6.07 Å². The van der Waals surface area contributed by atoms with E-state index in [1.165, 1.54) is 59.4 Å². The molecule has 0 saturated carbocycles. The summed E-state index contributed by atoms with van der Waals surface area (Å²) in [4.78, 5) is 7.54. The number of hydrogen-bond donors (Lipinski definition) is 3. The van der Waals surface area contributed by atoms with Gasteiger partial charge in [0.1, 0.15) is 0 Å². The van der Waals surface area contributed by atoms with Gasteiger partial charge in [-0.15, -0.1) is 0 Å². The monoisotopic (exact) mass is 716 g/mol. The van der Waals surface area contributed by atoms with Crippen molar-refractivity contribution in [1.29, 1.82) is 5.26 Å². The molecule has 0 spiro atoms. The lowest BCUT2D eigenvalue weighted by molar-refractivity contribution is 0.384. The Morgan fingerprint density at radius 2 is 1.62 bits per heavy atom. The summed E-state index contributed by atoms with van der Waals surface area (Å²) in [7, 11) is 0. The molecule has 2 aliphatic rings. The number of benzene rings is 3. The molecule has 2 aliphatic heterocycles. The van der Waals surface area contributed by atoms with E-state index >= 15 is 0 Å². The van der Waals surface area contributed by atoms with Crippen molar-refractivity contribution in [2.75, 3.05) is 67.1 Å². The number of anilines is 3. The topological polar surface area (TPSA) is 83.6 Å². The van der Waals surface area contributed by atoms with Gasteiger partial charge in [-0.3, -0.25) is 0 Å². The first-order valence-corrected chi connectivity index (χ1v) is 20.4. The van der Waals surface area contributed by atoms with Crippen molar-refractivity contribution in [3.05, 3.63) is 107 Å². The Bertz CT molecular complexity index is 1640. The zero-order valence-corrected chi connectivity index (χ0v) is 32.9. The van der Waals surface area contributed by atoms with E-state index in [1.54, 1.807) is 0 Å². The summed E-state index contributed by atoms with van der Waals surface area (Å²) < 4.78 is 0. The molecule has 1 unspecified atom stereocenters. The summed E-state index contributed by atoms with van der Waals surface area (Å²) in [5.74, 6) is 1.33. The Kier molecular flexibility index (Phi) is 15.3. The van der Waals surface area contributed by atoms with Gasteiger partial charge in [0.15, 0.2) is 0 Å². The van der Waals surface area contributed by atoms with E-state index in [-0.39, 0.29) is 6.04 Å². The Hall–Kier alpha value is -4.25. The van der Waals surface area contributed by atoms with Gasteiger partial charge >= 0.3 is 0 Å². The highest BCUT2D eigenvalue weighted by Crippen LogP contribution is 2.33. The molecule has 3 aromatic rings. The number of likely N-dealkylation sites (N-methyl/N-ethyl adjacent to an activating group) is 1. The number of nitrogens with one attached hydrogen (secondary N) is 2. The SMILES string of the molecule is C=Cc1ccc(N(CC)CCNCC2CCN(c3ccc(C4CCN(c5ccc(C#N)c(CCC)c5)CC4)cc3)CC2)cc1CNC(CCC)C(=C)N. The van der Waals surface area contributed by atoms with Crippen LogP contribution in [0.3, 0.4) is 0 Å². The molecule has 7 nitrogen and oxygen atoms in total. The Labute approximate surface area is 320 Å². The maximum atomic E-state index is 9.49. The van der Waals surface area contributed by atoms with Gasteiger partial charge in [-0.25, -0.2) is 0 Å². The third-order valence-corrected chi connectivity index (χ3v) is 11.6. The summed E-state index contributed by atoms with van der Waals surface area (Å²) in [6.07, 6.45) is 10.8. The van der Waals surface area contributed by atoms with E-state index in [0.717, 1.165) is 102 Å². The molecular formula is C46H65N7. The first-order valence-electron chi connectivity index (χ1n) is 20.4. The van der Waals surface area contributed by atoms with Gasteiger partial charge in [0.05, 0.1) is 11.6 Å². The highest BCUT2D eigenvalue weighted by Gasteiger charge is 2.23. The molecule has 4 N–H and O–H groups in total. The van der Waals surface area contributed by atoms with Gasteiger partial charge in [-0.05, 0) is 129 Å². The predicted molar refractivity (Wildman–Crippen MR) is 227 cm³/mol. The average Bonchev–Trinajstić information content (AvgIpc) is 3.20. The van der Waals surface area contributed by atoms with E-state index in [9.17, 15) is 5.26 Å². The summed E-state index contributed by atoms with van der Waals surface area (Å²) >= 11 is 0. The van der Waals surface area contributed by atoms with Crippen LogP contribution < -0.4 is 31.1 Å². The minimum absolute atomic E-state index is 0.126. The van der Waals surface area contributed by atoms with E-state index in [2.05, 4.69) is 120 Å². The van der Waals surface area contributed by atoms with E-state index in [4.69, 9.17) is 5.73 Å². The summed E-state index contributed by atoms with van der Waals surface area (Å²) in [5.41, 5.74) is 16.6. The number of piperidine rings is 2. The van der Waals surface area contributed by atoms with E-state index in [1.807, 2.05) is 12.1 Å². The molecule has 7 heteroatoms. The summed E-state index contributed by atoms with van der Waals surface area (Å²) in [6, 6.07) is 25.1.